The molecule has 4 nitrogen and oxygen atoms in total. The molecule has 0 saturated heterocycles. The molecule has 0 unspecified atom stereocenters. The summed E-state index contributed by atoms with van der Waals surface area (Å²) in [5, 5.41) is 0.665. The molecular formula is C14H22O4Si. The number of carbonyl (C=O) groups excluding carboxylic acids is 3. The van der Waals surface area contributed by atoms with E-state index in [1.807, 2.05) is 19.6 Å². The van der Waals surface area contributed by atoms with Crippen molar-refractivity contribution >= 4 is 25.6 Å². The van der Waals surface area contributed by atoms with Crippen LogP contribution in [0.2, 0.25) is 19.6 Å². The van der Waals surface area contributed by atoms with Crippen molar-refractivity contribution in [3.05, 3.63) is 10.8 Å². The van der Waals surface area contributed by atoms with Crippen LogP contribution >= 0.6 is 0 Å². The van der Waals surface area contributed by atoms with Gasteiger partial charge < -0.3 is 4.74 Å². The highest BCUT2D eigenvalue weighted by Gasteiger charge is 2.33. The predicted octanol–water partition coefficient (Wildman–Crippen LogP) is 2.44. The Bertz CT molecular complexity index is 429. The fraction of sp³-hybridized carbons (Fsp3) is 0.643. The maximum Gasteiger partial charge on any atom is 0.334 e. The average Bonchev–Trinajstić information content (AvgIpc) is 2.27. The van der Waals surface area contributed by atoms with Gasteiger partial charge in [-0.2, -0.15) is 0 Å². The molecule has 0 spiro atoms. The minimum Gasteiger partial charge on any atom is -0.463 e. The number of hydrogen-bond acceptors (Lipinski definition) is 4. The molecule has 0 bridgehead atoms. The molecule has 0 saturated carbocycles. The van der Waals surface area contributed by atoms with Crippen LogP contribution < -0.4 is 0 Å². The zero-order chi connectivity index (χ0) is 14.6. The molecule has 1 aliphatic carbocycles. The van der Waals surface area contributed by atoms with E-state index in [1.165, 1.54) is 0 Å². The van der Waals surface area contributed by atoms with Gasteiger partial charge in [0.2, 0.25) is 0 Å². The second-order valence-electron chi connectivity index (χ2n) is 5.79. The summed E-state index contributed by atoms with van der Waals surface area (Å²) in [6.45, 7) is 8.15. The van der Waals surface area contributed by atoms with Crippen LogP contribution in [0.5, 0.6) is 0 Å². The van der Waals surface area contributed by atoms with Gasteiger partial charge in [-0.05, 0) is 18.5 Å². The molecule has 0 aliphatic heterocycles. The van der Waals surface area contributed by atoms with Crippen molar-refractivity contribution in [3.63, 3.8) is 0 Å². The highest BCUT2D eigenvalue weighted by atomic mass is 28.3. The van der Waals surface area contributed by atoms with Crippen LogP contribution in [0, 0.1) is 0 Å². The number of Topliss-reactive ketones (excluding diaryl/α,β-unsaturated/α-hetero) is 2. The van der Waals surface area contributed by atoms with Crippen LogP contribution in [0.4, 0.5) is 0 Å². The lowest BCUT2D eigenvalue weighted by Gasteiger charge is -2.25. The molecule has 0 aromatic rings. The van der Waals surface area contributed by atoms with E-state index in [0.717, 1.165) is 0 Å². The van der Waals surface area contributed by atoms with E-state index in [4.69, 9.17) is 4.74 Å². The number of esters is 1. The van der Waals surface area contributed by atoms with E-state index in [9.17, 15) is 14.4 Å². The van der Waals surface area contributed by atoms with E-state index in [-0.39, 0.29) is 24.6 Å². The summed E-state index contributed by atoms with van der Waals surface area (Å²) in [6, 6.07) is 0. The standard InChI is InChI=1S/C14H22O4Si/c1-5-18-14(17)11-8-6-10(15)7-9-12(16)13(11)19(2,3)4/h5-9H2,1-4H3/b13-11-. The van der Waals surface area contributed by atoms with Crippen molar-refractivity contribution in [2.75, 3.05) is 6.61 Å². The number of rotatable bonds is 3. The van der Waals surface area contributed by atoms with Gasteiger partial charge in [-0.3, -0.25) is 9.59 Å². The lowest BCUT2D eigenvalue weighted by atomic mass is 9.98. The van der Waals surface area contributed by atoms with Gasteiger partial charge in [-0.15, -0.1) is 0 Å². The Hall–Kier alpha value is -1.23. The average molecular weight is 282 g/mol. The quantitative estimate of drug-likeness (QED) is 0.589. The van der Waals surface area contributed by atoms with E-state index in [2.05, 4.69) is 0 Å². The van der Waals surface area contributed by atoms with Gasteiger partial charge in [0.15, 0.2) is 5.78 Å². The van der Waals surface area contributed by atoms with Crippen molar-refractivity contribution in [2.24, 2.45) is 0 Å². The van der Waals surface area contributed by atoms with Crippen molar-refractivity contribution in [3.8, 4) is 0 Å². The molecular weight excluding hydrogens is 260 g/mol. The van der Waals surface area contributed by atoms with Crippen molar-refractivity contribution < 1.29 is 19.1 Å². The first-order valence-corrected chi connectivity index (χ1v) is 10.2. The molecule has 0 radical (unpaired) electrons. The first-order valence-electron chi connectivity index (χ1n) is 6.73. The van der Waals surface area contributed by atoms with Gasteiger partial charge in [-0.1, -0.05) is 19.6 Å². The van der Waals surface area contributed by atoms with Crippen LogP contribution in [0.25, 0.3) is 0 Å². The number of hydrogen-bond donors (Lipinski definition) is 0. The highest BCUT2D eigenvalue weighted by molar-refractivity contribution is 6.87. The van der Waals surface area contributed by atoms with Crippen LogP contribution in [-0.2, 0) is 19.1 Å². The third-order valence-electron chi connectivity index (χ3n) is 3.14. The van der Waals surface area contributed by atoms with Gasteiger partial charge in [-0.25, -0.2) is 4.79 Å². The fourth-order valence-electron chi connectivity index (χ4n) is 2.35. The lowest BCUT2D eigenvalue weighted by Crippen LogP contribution is -2.34. The van der Waals surface area contributed by atoms with E-state index >= 15 is 0 Å². The molecule has 0 amide bonds. The molecule has 0 heterocycles. The SMILES string of the molecule is CCOC(=O)/C1=C(\[Si](C)(C)C)C(=O)CCC(=O)CC1. The summed E-state index contributed by atoms with van der Waals surface area (Å²) in [6.07, 6.45) is 1.18. The topological polar surface area (TPSA) is 60.4 Å². The summed E-state index contributed by atoms with van der Waals surface area (Å²) in [5.41, 5.74) is 0.444. The van der Waals surface area contributed by atoms with E-state index in [0.29, 0.717) is 30.0 Å². The molecule has 19 heavy (non-hydrogen) atoms. The molecule has 1 aliphatic rings. The van der Waals surface area contributed by atoms with Crippen LogP contribution in [0.3, 0.4) is 0 Å². The van der Waals surface area contributed by atoms with E-state index < -0.39 is 14.0 Å². The normalized spacial score (nSPS) is 21.9. The number of ketones is 2. The second kappa shape index (κ2) is 6.28. The molecule has 0 N–H and O–H groups in total. The fourth-order valence-corrected chi connectivity index (χ4v) is 4.45. The molecule has 0 fully saturated rings. The molecule has 0 atom stereocenters. The Kier molecular flexibility index (Phi) is 5.23. The monoisotopic (exact) mass is 282 g/mol. The number of ether oxygens (including phenoxy) is 1. The van der Waals surface area contributed by atoms with Gasteiger partial charge in [0.25, 0.3) is 0 Å². The van der Waals surface area contributed by atoms with Crippen molar-refractivity contribution in [1.29, 1.82) is 0 Å². The zero-order valence-electron chi connectivity index (χ0n) is 12.2. The minimum atomic E-state index is -1.93. The van der Waals surface area contributed by atoms with Crippen molar-refractivity contribution in [1.82, 2.24) is 0 Å². The van der Waals surface area contributed by atoms with Crippen LogP contribution in [0.1, 0.15) is 32.6 Å². The Morgan fingerprint density at radius 2 is 1.68 bits per heavy atom. The van der Waals surface area contributed by atoms with Gasteiger partial charge in [0.1, 0.15) is 5.78 Å². The molecule has 1 rings (SSSR count). The largest absolute Gasteiger partial charge is 0.463 e. The molecule has 5 heteroatoms. The Balaban J connectivity index is 3.28. The Morgan fingerprint density at radius 3 is 2.21 bits per heavy atom. The highest BCUT2D eigenvalue weighted by Crippen LogP contribution is 2.27. The lowest BCUT2D eigenvalue weighted by molar-refractivity contribution is -0.139. The predicted molar refractivity (Wildman–Crippen MR) is 75.5 cm³/mol. The summed E-state index contributed by atoms with van der Waals surface area (Å²) in [7, 11) is -1.93. The summed E-state index contributed by atoms with van der Waals surface area (Å²) >= 11 is 0. The minimum absolute atomic E-state index is 0.0460. The summed E-state index contributed by atoms with van der Waals surface area (Å²) < 4.78 is 5.05. The Morgan fingerprint density at radius 1 is 1.11 bits per heavy atom. The molecule has 0 aromatic carbocycles. The van der Waals surface area contributed by atoms with Gasteiger partial charge in [0, 0.05) is 24.8 Å². The van der Waals surface area contributed by atoms with E-state index in [1.54, 1.807) is 6.92 Å². The van der Waals surface area contributed by atoms with Crippen LogP contribution in [-0.4, -0.2) is 32.2 Å². The van der Waals surface area contributed by atoms with Crippen LogP contribution in [0.15, 0.2) is 10.8 Å². The maximum atomic E-state index is 12.3. The Labute approximate surface area is 115 Å². The molecule has 0 aromatic heterocycles. The zero-order valence-corrected chi connectivity index (χ0v) is 13.2. The first-order chi connectivity index (χ1) is 8.77. The smallest absolute Gasteiger partial charge is 0.334 e. The summed E-state index contributed by atoms with van der Waals surface area (Å²) in [5.74, 6) is -0.428. The second-order valence-corrected chi connectivity index (χ2v) is 10.8. The number of carbonyl (C=O) groups is 3. The maximum absolute atomic E-state index is 12.3. The summed E-state index contributed by atoms with van der Waals surface area (Å²) in [4.78, 5) is 35.9. The molecule has 106 valence electrons. The first kappa shape index (κ1) is 15.8. The third kappa shape index (κ3) is 4.13. The third-order valence-corrected chi connectivity index (χ3v) is 5.22. The number of allylic oxidation sites excluding steroid dienone is 1. The van der Waals surface area contributed by atoms with Gasteiger partial charge in [0.05, 0.1) is 14.7 Å². The van der Waals surface area contributed by atoms with Crippen molar-refractivity contribution in [2.45, 2.75) is 52.2 Å². The van der Waals surface area contributed by atoms with Gasteiger partial charge >= 0.3 is 5.97 Å².